The summed E-state index contributed by atoms with van der Waals surface area (Å²) in [5, 5.41) is 0. The predicted molar refractivity (Wildman–Crippen MR) is 74.0 cm³/mol. The number of hydrogen-bond acceptors (Lipinski definition) is 4. The number of aromatic nitrogens is 2. The normalized spacial score (nSPS) is 10.7. The number of hydrogen-bond donors (Lipinski definition) is 0. The Labute approximate surface area is 109 Å². The Morgan fingerprint density at radius 1 is 1.22 bits per heavy atom. The Bertz CT molecular complexity index is 678. The Morgan fingerprint density at radius 3 is 3.06 bits per heavy atom. The molecule has 3 aromatic rings. The van der Waals surface area contributed by atoms with Crippen LogP contribution < -0.4 is 4.74 Å². The number of nitrogens with zero attached hydrogens (tertiary/aromatic N) is 2. The van der Waals surface area contributed by atoms with Crippen molar-refractivity contribution in [2.24, 2.45) is 0 Å². The number of pyridine rings is 1. The SMILES string of the molecule is CCOc1cccnc1-c1ccc2scnc2c1. The lowest BCUT2D eigenvalue weighted by Crippen LogP contribution is -1.95. The zero-order chi connectivity index (χ0) is 12.4. The highest BCUT2D eigenvalue weighted by Crippen LogP contribution is 2.30. The van der Waals surface area contributed by atoms with Crippen molar-refractivity contribution in [3.8, 4) is 17.0 Å². The molecule has 4 heteroatoms. The molecule has 2 heterocycles. The Balaban J connectivity index is 2.12. The van der Waals surface area contributed by atoms with E-state index in [4.69, 9.17) is 4.74 Å². The van der Waals surface area contributed by atoms with Gasteiger partial charge in [-0.1, -0.05) is 6.07 Å². The Morgan fingerprint density at radius 2 is 2.17 bits per heavy atom. The van der Waals surface area contributed by atoms with Gasteiger partial charge in [0, 0.05) is 11.8 Å². The van der Waals surface area contributed by atoms with Gasteiger partial charge in [0.05, 0.1) is 22.3 Å². The van der Waals surface area contributed by atoms with Gasteiger partial charge >= 0.3 is 0 Å². The van der Waals surface area contributed by atoms with Crippen molar-refractivity contribution in [1.29, 1.82) is 0 Å². The third kappa shape index (κ3) is 1.95. The minimum absolute atomic E-state index is 0.637. The fourth-order valence-corrected chi connectivity index (χ4v) is 2.54. The van der Waals surface area contributed by atoms with Crippen LogP contribution in [0.15, 0.2) is 42.0 Å². The van der Waals surface area contributed by atoms with E-state index in [0.29, 0.717) is 6.61 Å². The van der Waals surface area contributed by atoms with Gasteiger partial charge in [0.15, 0.2) is 0 Å². The molecular weight excluding hydrogens is 244 g/mol. The molecule has 0 saturated heterocycles. The first kappa shape index (κ1) is 11.2. The molecule has 2 aromatic heterocycles. The van der Waals surface area contributed by atoms with Crippen LogP contribution in [0.1, 0.15) is 6.92 Å². The van der Waals surface area contributed by atoms with Gasteiger partial charge < -0.3 is 4.74 Å². The van der Waals surface area contributed by atoms with E-state index in [1.807, 2.05) is 24.6 Å². The minimum atomic E-state index is 0.637. The summed E-state index contributed by atoms with van der Waals surface area (Å²) in [4.78, 5) is 8.74. The van der Waals surface area contributed by atoms with Crippen molar-refractivity contribution in [2.75, 3.05) is 6.61 Å². The summed E-state index contributed by atoms with van der Waals surface area (Å²) in [5.74, 6) is 0.814. The molecule has 0 fully saturated rings. The largest absolute Gasteiger partial charge is 0.492 e. The standard InChI is InChI=1S/C14H12N2OS/c1-2-17-12-4-3-7-15-14(12)10-5-6-13-11(8-10)16-9-18-13/h3-9H,2H2,1H3. The topological polar surface area (TPSA) is 35.0 Å². The average molecular weight is 256 g/mol. The van der Waals surface area contributed by atoms with Crippen molar-refractivity contribution in [2.45, 2.75) is 6.92 Å². The lowest BCUT2D eigenvalue weighted by molar-refractivity contribution is 0.340. The third-order valence-corrected chi connectivity index (χ3v) is 3.48. The van der Waals surface area contributed by atoms with E-state index in [1.165, 1.54) is 4.70 Å². The summed E-state index contributed by atoms with van der Waals surface area (Å²) in [5.41, 5.74) is 4.77. The maximum atomic E-state index is 5.60. The van der Waals surface area contributed by atoms with Crippen LogP contribution in [-0.4, -0.2) is 16.6 Å². The first-order chi connectivity index (χ1) is 8.88. The van der Waals surface area contributed by atoms with Gasteiger partial charge in [0.1, 0.15) is 11.4 Å². The van der Waals surface area contributed by atoms with Crippen molar-refractivity contribution in [1.82, 2.24) is 9.97 Å². The minimum Gasteiger partial charge on any atom is -0.492 e. The number of thiazole rings is 1. The van der Waals surface area contributed by atoms with Crippen LogP contribution in [0.25, 0.3) is 21.5 Å². The van der Waals surface area contributed by atoms with Crippen LogP contribution in [0.3, 0.4) is 0 Å². The first-order valence-electron chi connectivity index (χ1n) is 5.80. The highest BCUT2D eigenvalue weighted by Gasteiger charge is 2.08. The summed E-state index contributed by atoms with van der Waals surface area (Å²) < 4.78 is 6.79. The van der Waals surface area contributed by atoms with E-state index >= 15 is 0 Å². The second-order valence-electron chi connectivity index (χ2n) is 3.82. The van der Waals surface area contributed by atoms with Gasteiger partial charge in [0.25, 0.3) is 0 Å². The van der Waals surface area contributed by atoms with Crippen LogP contribution in [-0.2, 0) is 0 Å². The van der Waals surface area contributed by atoms with E-state index < -0.39 is 0 Å². The quantitative estimate of drug-likeness (QED) is 0.715. The number of fused-ring (bicyclic) bond motifs is 1. The Kier molecular flexibility index (Phi) is 2.94. The molecule has 3 rings (SSSR count). The molecule has 0 bridgehead atoms. The van der Waals surface area contributed by atoms with Crippen molar-refractivity contribution < 1.29 is 4.74 Å². The summed E-state index contributed by atoms with van der Waals surface area (Å²) in [7, 11) is 0. The molecule has 0 aliphatic carbocycles. The van der Waals surface area contributed by atoms with Gasteiger partial charge in [-0.3, -0.25) is 4.98 Å². The molecule has 0 N–H and O–H groups in total. The van der Waals surface area contributed by atoms with Gasteiger partial charge in [-0.05, 0) is 31.2 Å². The number of ether oxygens (including phenoxy) is 1. The monoisotopic (exact) mass is 256 g/mol. The molecule has 0 spiro atoms. The van der Waals surface area contributed by atoms with Crippen LogP contribution in [0.2, 0.25) is 0 Å². The summed E-state index contributed by atoms with van der Waals surface area (Å²) >= 11 is 1.64. The molecule has 0 unspecified atom stereocenters. The van der Waals surface area contributed by atoms with E-state index in [2.05, 4.69) is 28.2 Å². The average Bonchev–Trinajstić information content (AvgIpc) is 2.87. The second-order valence-corrected chi connectivity index (χ2v) is 4.70. The molecule has 0 radical (unpaired) electrons. The van der Waals surface area contributed by atoms with E-state index in [9.17, 15) is 0 Å². The van der Waals surface area contributed by atoms with Crippen LogP contribution in [0.4, 0.5) is 0 Å². The van der Waals surface area contributed by atoms with Crippen molar-refractivity contribution >= 4 is 21.6 Å². The fraction of sp³-hybridized carbons (Fsp3) is 0.143. The maximum absolute atomic E-state index is 5.60. The predicted octanol–water partition coefficient (Wildman–Crippen LogP) is 3.76. The Hall–Kier alpha value is -1.94. The zero-order valence-corrected chi connectivity index (χ0v) is 10.8. The fourth-order valence-electron chi connectivity index (χ4n) is 1.88. The summed E-state index contributed by atoms with van der Waals surface area (Å²) in [6.07, 6.45) is 1.78. The van der Waals surface area contributed by atoms with E-state index in [0.717, 1.165) is 22.5 Å². The van der Waals surface area contributed by atoms with Crippen LogP contribution in [0, 0.1) is 0 Å². The van der Waals surface area contributed by atoms with Crippen LogP contribution >= 0.6 is 11.3 Å². The molecular formula is C14H12N2OS. The van der Waals surface area contributed by atoms with Gasteiger partial charge in [-0.2, -0.15) is 0 Å². The molecule has 3 nitrogen and oxygen atoms in total. The molecule has 0 amide bonds. The van der Waals surface area contributed by atoms with E-state index in [1.54, 1.807) is 17.5 Å². The molecule has 0 saturated carbocycles. The zero-order valence-electron chi connectivity index (χ0n) is 9.96. The molecule has 1 aromatic carbocycles. The molecule has 0 aliphatic rings. The highest BCUT2D eigenvalue weighted by molar-refractivity contribution is 7.16. The molecule has 0 atom stereocenters. The van der Waals surface area contributed by atoms with Gasteiger partial charge in [0.2, 0.25) is 0 Å². The van der Waals surface area contributed by atoms with Crippen molar-refractivity contribution in [3.05, 3.63) is 42.0 Å². The smallest absolute Gasteiger partial charge is 0.145 e. The molecule has 90 valence electrons. The van der Waals surface area contributed by atoms with Crippen LogP contribution in [0.5, 0.6) is 5.75 Å². The first-order valence-corrected chi connectivity index (χ1v) is 6.68. The summed E-state index contributed by atoms with van der Waals surface area (Å²) in [6.45, 7) is 2.61. The van der Waals surface area contributed by atoms with Gasteiger partial charge in [-0.15, -0.1) is 11.3 Å². The number of rotatable bonds is 3. The molecule has 0 aliphatic heterocycles. The molecule has 18 heavy (non-hydrogen) atoms. The second kappa shape index (κ2) is 4.74. The van der Waals surface area contributed by atoms with Gasteiger partial charge in [-0.25, -0.2) is 4.98 Å². The van der Waals surface area contributed by atoms with Crippen molar-refractivity contribution in [3.63, 3.8) is 0 Å². The summed E-state index contributed by atoms with van der Waals surface area (Å²) in [6, 6.07) is 10.0. The third-order valence-electron chi connectivity index (χ3n) is 2.67. The lowest BCUT2D eigenvalue weighted by atomic mass is 10.1. The number of benzene rings is 1. The van der Waals surface area contributed by atoms with E-state index in [-0.39, 0.29) is 0 Å². The lowest BCUT2D eigenvalue weighted by Gasteiger charge is -2.08. The maximum Gasteiger partial charge on any atom is 0.145 e. The highest BCUT2D eigenvalue weighted by atomic mass is 32.1.